The summed E-state index contributed by atoms with van der Waals surface area (Å²) < 4.78 is 8.46. The molecule has 6 aromatic rings. The van der Waals surface area contributed by atoms with Crippen molar-refractivity contribution in [3.63, 3.8) is 0 Å². The number of aromatic nitrogens is 6. The number of hydrogen-bond acceptors (Lipinski definition) is 9. The van der Waals surface area contributed by atoms with Gasteiger partial charge in [-0.25, -0.2) is 24.0 Å². The maximum Gasteiger partial charge on any atom is 0.341 e. The van der Waals surface area contributed by atoms with E-state index in [0.29, 0.717) is 17.9 Å². The van der Waals surface area contributed by atoms with Crippen molar-refractivity contribution >= 4 is 29.1 Å². The van der Waals surface area contributed by atoms with E-state index in [1.807, 2.05) is 60.3 Å². The SMILES string of the molecule is CC(C)(C)c1ncn(-c2ccccc2)n1.CCOC(=O)c1cn2nc(C(C)(C)C)cc2nc1C.CSc1ccc(C(C)(C)C)cc1C.Cc1cc(C(C)(C)C)ccc1[N+](=O)[O-]. The lowest BCUT2D eigenvalue weighted by atomic mass is 9.86. The Bertz CT molecular complexity index is 2390. The van der Waals surface area contributed by atoms with Gasteiger partial charge in [0.25, 0.3) is 5.69 Å². The molecule has 0 aliphatic rings. The first-order valence-electron chi connectivity index (χ1n) is 20.6. The molecule has 12 heteroatoms. The number of hydrogen-bond donors (Lipinski definition) is 0. The van der Waals surface area contributed by atoms with Gasteiger partial charge in [0.05, 0.1) is 34.2 Å². The molecule has 61 heavy (non-hydrogen) atoms. The molecule has 0 aliphatic carbocycles. The predicted octanol–water partition coefficient (Wildman–Crippen LogP) is 12.3. The molecule has 3 aromatic carbocycles. The van der Waals surface area contributed by atoms with Crippen LogP contribution in [0.4, 0.5) is 5.69 Å². The maximum absolute atomic E-state index is 11.8. The molecule has 0 fully saturated rings. The molecule has 0 atom stereocenters. The molecule has 3 heterocycles. The van der Waals surface area contributed by atoms with Crippen molar-refractivity contribution in [1.82, 2.24) is 29.4 Å². The van der Waals surface area contributed by atoms with Gasteiger partial charge in [0.1, 0.15) is 6.33 Å². The number of esters is 1. The molecule has 3 aromatic heterocycles. The van der Waals surface area contributed by atoms with Crippen LogP contribution in [0.15, 0.2) is 90.2 Å². The molecule has 0 saturated carbocycles. The Kier molecular flexibility index (Phi) is 16.8. The van der Waals surface area contributed by atoms with Crippen molar-refractivity contribution in [2.24, 2.45) is 0 Å². The van der Waals surface area contributed by atoms with E-state index in [1.165, 1.54) is 16.0 Å². The van der Waals surface area contributed by atoms with Gasteiger partial charge in [0.15, 0.2) is 11.5 Å². The number of fused-ring (bicyclic) bond motifs is 1. The fourth-order valence-electron chi connectivity index (χ4n) is 5.77. The van der Waals surface area contributed by atoms with Crippen molar-refractivity contribution < 1.29 is 14.5 Å². The smallest absolute Gasteiger partial charge is 0.341 e. The van der Waals surface area contributed by atoms with Gasteiger partial charge >= 0.3 is 5.97 Å². The van der Waals surface area contributed by atoms with Crippen LogP contribution in [-0.2, 0) is 26.4 Å². The van der Waals surface area contributed by atoms with Crippen molar-refractivity contribution in [1.29, 1.82) is 0 Å². The lowest BCUT2D eigenvalue weighted by Crippen LogP contribution is -2.14. The molecule has 0 spiro atoms. The highest BCUT2D eigenvalue weighted by molar-refractivity contribution is 7.98. The predicted molar refractivity (Wildman–Crippen MR) is 251 cm³/mol. The van der Waals surface area contributed by atoms with E-state index in [0.717, 1.165) is 34.0 Å². The highest BCUT2D eigenvalue weighted by atomic mass is 32.2. The zero-order valence-electron chi connectivity index (χ0n) is 39.5. The molecule has 0 saturated heterocycles. The van der Waals surface area contributed by atoms with E-state index in [4.69, 9.17) is 4.74 Å². The number of carbonyl (C=O) groups is 1. The summed E-state index contributed by atoms with van der Waals surface area (Å²) in [4.78, 5) is 32.2. The van der Waals surface area contributed by atoms with Crippen LogP contribution in [0.3, 0.4) is 0 Å². The minimum atomic E-state index is -0.359. The average Bonchev–Trinajstić information content (AvgIpc) is 3.84. The van der Waals surface area contributed by atoms with Gasteiger partial charge in [-0.15, -0.1) is 11.8 Å². The number of para-hydroxylation sites is 1. The number of ether oxygens (including phenoxy) is 1. The summed E-state index contributed by atoms with van der Waals surface area (Å²) in [6.07, 6.45) is 5.57. The number of carbonyl (C=O) groups excluding carboxylic acids is 1. The lowest BCUT2D eigenvalue weighted by molar-refractivity contribution is -0.385. The number of nitro groups is 1. The summed E-state index contributed by atoms with van der Waals surface area (Å²) in [5, 5.41) is 19.5. The summed E-state index contributed by atoms with van der Waals surface area (Å²) in [6.45, 7) is 33.5. The van der Waals surface area contributed by atoms with E-state index in [2.05, 4.69) is 135 Å². The molecule has 328 valence electrons. The van der Waals surface area contributed by atoms with Crippen LogP contribution in [0.25, 0.3) is 11.3 Å². The van der Waals surface area contributed by atoms with Crippen LogP contribution >= 0.6 is 11.8 Å². The molecule has 0 bridgehead atoms. The van der Waals surface area contributed by atoms with Crippen LogP contribution in [0.5, 0.6) is 0 Å². The zero-order valence-corrected chi connectivity index (χ0v) is 40.3. The van der Waals surface area contributed by atoms with Crippen molar-refractivity contribution in [3.05, 3.63) is 140 Å². The molecular weight excluding hydrogens is 783 g/mol. The summed E-state index contributed by atoms with van der Waals surface area (Å²) >= 11 is 1.81. The third kappa shape index (κ3) is 14.4. The Labute approximate surface area is 367 Å². The van der Waals surface area contributed by atoms with Gasteiger partial charge in [0.2, 0.25) is 0 Å². The third-order valence-electron chi connectivity index (χ3n) is 9.61. The summed E-state index contributed by atoms with van der Waals surface area (Å²) in [5.41, 5.74) is 8.96. The quantitative estimate of drug-likeness (QED) is 0.0720. The highest BCUT2D eigenvalue weighted by Crippen LogP contribution is 2.29. The van der Waals surface area contributed by atoms with Gasteiger partial charge < -0.3 is 4.74 Å². The first kappa shape index (κ1) is 50.0. The minimum absolute atomic E-state index is 0.0000301. The standard InChI is InChI=1S/C14H19N3O2.C12H15N3.C12H18S.C11H15NO2/c1-6-19-13(18)10-8-17-12(15-9(10)2)7-11(16-17)14(3,4)5;1-12(2,3)11-13-9-15(14-11)10-7-5-4-6-8-10;1-9-8-10(12(2,3)4)6-7-11(9)13-5;1-8-7-9(11(2,3)4)5-6-10(8)12(13)14/h7-8H,6H2,1-5H3;4-9H,1-3H3;6-8H,1-5H3;5-7H,1-4H3. The largest absolute Gasteiger partial charge is 0.462 e. The van der Waals surface area contributed by atoms with Crippen molar-refractivity contribution in [3.8, 4) is 5.69 Å². The fourth-order valence-corrected chi connectivity index (χ4v) is 6.36. The number of aryl methyl sites for hydroxylation is 3. The Morgan fingerprint density at radius 2 is 1.33 bits per heavy atom. The van der Waals surface area contributed by atoms with Crippen LogP contribution in [0.2, 0.25) is 0 Å². The second kappa shape index (κ2) is 20.5. The van der Waals surface area contributed by atoms with Gasteiger partial charge in [-0.2, -0.15) is 10.2 Å². The molecule has 0 radical (unpaired) electrons. The summed E-state index contributed by atoms with van der Waals surface area (Å²) in [7, 11) is 0. The van der Waals surface area contributed by atoms with Crippen LogP contribution in [0.1, 0.15) is 140 Å². The van der Waals surface area contributed by atoms with Crippen LogP contribution < -0.4 is 0 Å². The summed E-state index contributed by atoms with van der Waals surface area (Å²) in [6, 6.07) is 24.0. The second-order valence-corrected chi connectivity index (χ2v) is 19.9. The molecule has 0 amide bonds. The molecule has 11 nitrogen and oxygen atoms in total. The number of nitrogens with zero attached hydrogens (tertiary/aromatic N) is 7. The topological polar surface area (TPSA) is 130 Å². The van der Waals surface area contributed by atoms with Crippen LogP contribution in [0, 0.1) is 30.9 Å². The lowest BCUT2D eigenvalue weighted by Gasteiger charge is -2.20. The minimum Gasteiger partial charge on any atom is -0.462 e. The first-order chi connectivity index (χ1) is 28.2. The van der Waals surface area contributed by atoms with E-state index >= 15 is 0 Å². The molecule has 0 unspecified atom stereocenters. The van der Waals surface area contributed by atoms with E-state index in [1.54, 1.807) is 48.6 Å². The second-order valence-electron chi connectivity index (χ2n) is 19.1. The normalized spacial score (nSPS) is 11.7. The van der Waals surface area contributed by atoms with E-state index in [-0.39, 0.29) is 38.2 Å². The average molecular weight is 850 g/mol. The molecule has 6 rings (SSSR count). The first-order valence-corrected chi connectivity index (χ1v) is 21.8. The monoisotopic (exact) mass is 849 g/mol. The molecular formula is C49H67N7O4S. The molecule has 0 N–H and O–H groups in total. The summed E-state index contributed by atoms with van der Waals surface area (Å²) in [5.74, 6) is 0.508. The third-order valence-corrected chi connectivity index (χ3v) is 10.5. The Morgan fingerprint density at radius 3 is 1.79 bits per heavy atom. The van der Waals surface area contributed by atoms with Gasteiger partial charge in [-0.1, -0.05) is 119 Å². The van der Waals surface area contributed by atoms with Gasteiger partial charge in [0, 0.05) is 39.6 Å². The number of nitro benzene ring substituents is 1. The fraction of sp³-hybridized carbons (Fsp3) is 0.449. The van der Waals surface area contributed by atoms with Gasteiger partial charge in [-0.3, -0.25) is 10.1 Å². The van der Waals surface area contributed by atoms with E-state index < -0.39 is 0 Å². The van der Waals surface area contributed by atoms with Gasteiger partial charge in [-0.05, 0) is 85.7 Å². The maximum atomic E-state index is 11.8. The van der Waals surface area contributed by atoms with Crippen LogP contribution in [-0.4, -0.2) is 53.1 Å². The number of rotatable bonds is 5. The number of benzene rings is 3. The Hall–Kier alpha value is -5.36. The Balaban J connectivity index is 0.000000219. The van der Waals surface area contributed by atoms with Crippen molar-refractivity contribution in [2.45, 2.75) is 137 Å². The highest BCUT2D eigenvalue weighted by Gasteiger charge is 2.22. The Morgan fingerprint density at radius 1 is 0.754 bits per heavy atom. The van der Waals surface area contributed by atoms with Crippen molar-refractivity contribution in [2.75, 3.05) is 12.9 Å². The zero-order chi connectivity index (χ0) is 46.1. The molecule has 0 aliphatic heterocycles. The number of thioether (sulfide) groups is 1. The van der Waals surface area contributed by atoms with E-state index in [9.17, 15) is 14.9 Å².